The second kappa shape index (κ2) is 4.57. The van der Waals surface area contributed by atoms with Crippen molar-refractivity contribution in [1.82, 2.24) is 4.98 Å². The summed E-state index contributed by atoms with van der Waals surface area (Å²) in [6.07, 6.45) is 3.71. The molecular formula is C11H10NO4. The molecule has 1 aromatic carbocycles. The first-order chi connectivity index (χ1) is 7.83. The smallest absolute Gasteiger partial charge is 0.311 e. The van der Waals surface area contributed by atoms with Crippen LogP contribution in [0.5, 0.6) is 23.2 Å². The molecule has 0 saturated carbocycles. The van der Waals surface area contributed by atoms with Crippen molar-refractivity contribution in [3.8, 4) is 23.2 Å². The number of nitrogens with zero attached hydrogens (tertiary/aromatic N) is 1. The molecule has 0 aliphatic heterocycles. The molecule has 83 valence electrons. The van der Waals surface area contributed by atoms with Crippen LogP contribution in [-0.2, 0) is 0 Å². The zero-order valence-electron chi connectivity index (χ0n) is 8.89. The molecular weight excluding hydrogens is 210 g/mol. The number of benzene rings is 1. The van der Waals surface area contributed by atoms with Gasteiger partial charge in [-0.25, -0.2) is 4.98 Å². The van der Waals surface area contributed by atoms with E-state index in [1.165, 1.54) is 6.20 Å². The maximum absolute atomic E-state index is 5.40. The van der Waals surface area contributed by atoms with E-state index in [1.807, 2.05) is 0 Å². The van der Waals surface area contributed by atoms with E-state index in [9.17, 15) is 0 Å². The van der Waals surface area contributed by atoms with Gasteiger partial charge >= 0.3 is 5.95 Å². The van der Waals surface area contributed by atoms with Crippen molar-refractivity contribution >= 4 is 0 Å². The minimum atomic E-state index is 0.253. The number of methoxy groups -OCH3 is 2. The summed E-state index contributed by atoms with van der Waals surface area (Å²) in [5.41, 5.74) is 0. The first-order valence-corrected chi connectivity index (χ1v) is 4.55. The summed E-state index contributed by atoms with van der Waals surface area (Å²) in [4.78, 5) is 3.63. The third kappa shape index (κ3) is 2.08. The van der Waals surface area contributed by atoms with Crippen LogP contribution in [0.3, 0.4) is 0 Å². The van der Waals surface area contributed by atoms with Crippen molar-refractivity contribution in [3.63, 3.8) is 0 Å². The summed E-state index contributed by atoms with van der Waals surface area (Å²) in [6, 6.07) is 5.20. The van der Waals surface area contributed by atoms with E-state index in [2.05, 4.69) is 11.4 Å². The maximum atomic E-state index is 5.40. The molecule has 0 amide bonds. The molecule has 0 saturated heterocycles. The van der Waals surface area contributed by atoms with Crippen LogP contribution < -0.4 is 14.2 Å². The van der Waals surface area contributed by atoms with Crippen LogP contribution in [0.25, 0.3) is 0 Å². The van der Waals surface area contributed by atoms with Gasteiger partial charge in [-0.05, 0) is 12.1 Å². The summed E-state index contributed by atoms with van der Waals surface area (Å²) in [5, 5.41) is 0. The Bertz CT molecular complexity index is 453. The summed E-state index contributed by atoms with van der Waals surface area (Å²) >= 11 is 0. The largest absolute Gasteiger partial charge is 0.497 e. The number of hydrogen-bond acceptors (Lipinski definition) is 5. The second-order valence-corrected chi connectivity index (χ2v) is 2.89. The van der Waals surface area contributed by atoms with Gasteiger partial charge in [-0.1, -0.05) is 0 Å². The maximum Gasteiger partial charge on any atom is 0.311 e. The van der Waals surface area contributed by atoms with E-state index in [-0.39, 0.29) is 5.95 Å². The number of ether oxygens (including phenoxy) is 3. The van der Waals surface area contributed by atoms with Crippen molar-refractivity contribution in [2.75, 3.05) is 14.2 Å². The van der Waals surface area contributed by atoms with Crippen LogP contribution in [0.15, 0.2) is 28.8 Å². The fourth-order valence-electron chi connectivity index (χ4n) is 1.19. The number of hydrogen-bond donors (Lipinski definition) is 0. The zero-order valence-corrected chi connectivity index (χ0v) is 8.89. The molecule has 1 radical (unpaired) electrons. The standard InChI is InChI=1S/C11H10NO4/c1-13-8-3-4-9(10(5-8)14-2)16-11-6-12-7-15-11/h3-6H,1-2H3. The number of aromatic nitrogens is 1. The van der Waals surface area contributed by atoms with Crippen molar-refractivity contribution in [2.24, 2.45) is 0 Å². The van der Waals surface area contributed by atoms with Gasteiger partial charge in [0.1, 0.15) is 11.9 Å². The lowest BCUT2D eigenvalue weighted by atomic mass is 10.3. The molecule has 0 bridgehead atoms. The highest BCUT2D eigenvalue weighted by Crippen LogP contribution is 2.34. The van der Waals surface area contributed by atoms with Gasteiger partial charge in [-0.3, -0.25) is 0 Å². The molecule has 2 aromatic rings. The molecule has 1 aromatic heterocycles. The molecule has 2 rings (SSSR count). The lowest BCUT2D eigenvalue weighted by molar-refractivity contribution is 0.318. The van der Waals surface area contributed by atoms with Gasteiger partial charge in [0, 0.05) is 6.07 Å². The summed E-state index contributed by atoms with van der Waals surface area (Å²) < 4.78 is 20.5. The fraction of sp³-hybridized carbons (Fsp3) is 0.182. The lowest BCUT2D eigenvalue weighted by Crippen LogP contribution is -1.91. The third-order valence-corrected chi connectivity index (χ3v) is 1.95. The predicted octanol–water partition coefficient (Wildman–Crippen LogP) is 2.28. The highest BCUT2D eigenvalue weighted by atomic mass is 16.6. The Hall–Kier alpha value is -2.17. The SMILES string of the molecule is COc1ccc(Oc2cn[c]o2)c(OC)c1. The normalized spacial score (nSPS) is 9.88. The van der Waals surface area contributed by atoms with Crippen molar-refractivity contribution in [2.45, 2.75) is 0 Å². The Balaban J connectivity index is 2.26. The van der Waals surface area contributed by atoms with Gasteiger partial charge in [0.2, 0.25) is 0 Å². The predicted molar refractivity (Wildman–Crippen MR) is 55.0 cm³/mol. The molecule has 5 heteroatoms. The summed E-state index contributed by atoms with van der Waals surface area (Å²) in [7, 11) is 3.13. The molecule has 1 heterocycles. The Labute approximate surface area is 92.6 Å². The van der Waals surface area contributed by atoms with E-state index < -0.39 is 0 Å². The third-order valence-electron chi connectivity index (χ3n) is 1.95. The summed E-state index contributed by atoms with van der Waals surface area (Å²) in [6.45, 7) is 0. The minimum absolute atomic E-state index is 0.253. The Kier molecular flexibility index (Phi) is 2.95. The van der Waals surface area contributed by atoms with E-state index in [1.54, 1.807) is 32.4 Å². The molecule has 0 spiro atoms. The van der Waals surface area contributed by atoms with Crippen LogP contribution in [0.2, 0.25) is 0 Å². The van der Waals surface area contributed by atoms with Crippen molar-refractivity contribution in [3.05, 3.63) is 30.8 Å². The van der Waals surface area contributed by atoms with Gasteiger partial charge in [-0.15, -0.1) is 0 Å². The second-order valence-electron chi connectivity index (χ2n) is 2.89. The number of rotatable bonds is 4. The monoisotopic (exact) mass is 220 g/mol. The Morgan fingerprint density at radius 2 is 2.06 bits per heavy atom. The van der Waals surface area contributed by atoms with Crippen molar-refractivity contribution in [1.29, 1.82) is 0 Å². The molecule has 5 nitrogen and oxygen atoms in total. The quantitative estimate of drug-likeness (QED) is 0.791. The minimum Gasteiger partial charge on any atom is -0.497 e. The van der Waals surface area contributed by atoms with Gasteiger partial charge < -0.3 is 18.6 Å². The lowest BCUT2D eigenvalue weighted by Gasteiger charge is -2.09. The van der Waals surface area contributed by atoms with Gasteiger partial charge in [0.05, 0.1) is 14.2 Å². The van der Waals surface area contributed by atoms with E-state index in [0.717, 1.165) is 0 Å². The van der Waals surface area contributed by atoms with Gasteiger partial charge in [-0.2, -0.15) is 0 Å². The average molecular weight is 220 g/mol. The Morgan fingerprint density at radius 3 is 2.69 bits per heavy atom. The van der Waals surface area contributed by atoms with E-state index in [4.69, 9.17) is 18.6 Å². The first kappa shape index (κ1) is 10.4. The Morgan fingerprint density at radius 1 is 1.19 bits per heavy atom. The average Bonchev–Trinajstić information content (AvgIpc) is 2.82. The van der Waals surface area contributed by atoms with Crippen LogP contribution in [0.4, 0.5) is 0 Å². The molecule has 0 N–H and O–H groups in total. The van der Waals surface area contributed by atoms with Gasteiger partial charge in [0.25, 0.3) is 6.39 Å². The molecule has 0 aliphatic rings. The number of oxazole rings is 1. The molecule has 0 aliphatic carbocycles. The van der Waals surface area contributed by atoms with Crippen molar-refractivity contribution < 1.29 is 18.6 Å². The molecule has 0 atom stereocenters. The fourth-order valence-corrected chi connectivity index (χ4v) is 1.19. The highest BCUT2D eigenvalue weighted by molar-refractivity contribution is 5.46. The van der Waals surface area contributed by atoms with Gasteiger partial charge in [0.15, 0.2) is 11.5 Å². The molecule has 0 fully saturated rings. The summed E-state index contributed by atoms with van der Waals surface area (Å²) in [5.74, 6) is 2.01. The molecule has 16 heavy (non-hydrogen) atoms. The topological polar surface area (TPSA) is 53.7 Å². The van der Waals surface area contributed by atoms with Crippen LogP contribution in [-0.4, -0.2) is 19.2 Å². The van der Waals surface area contributed by atoms with E-state index >= 15 is 0 Å². The van der Waals surface area contributed by atoms with Crippen LogP contribution in [0, 0.1) is 6.39 Å². The zero-order chi connectivity index (χ0) is 11.4. The first-order valence-electron chi connectivity index (χ1n) is 4.55. The molecule has 0 unspecified atom stereocenters. The van der Waals surface area contributed by atoms with Crippen LogP contribution in [0.1, 0.15) is 0 Å². The highest BCUT2D eigenvalue weighted by Gasteiger charge is 2.08. The van der Waals surface area contributed by atoms with E-state index in [0.29, 0.717) is 17.2 Å². The van der Waals surface area contributed by atoms with Crippen LogP contribution >= 0.6 is 0 Å².